The predicted octanol–water partition coefficient (Wildman–Crippen LogP) is -0.456. The summed E-state index contributed by atoms with van der Waals surface area (Å²) in [5.74, 6) is -1.33. The van der Waals surface area contributed by atoms with Gasteiger partial charge in [-0.05, 0) is 44.1 Å². The van der Waals surface area contributed by atoms with Crippen LogP contribution in [0.2, 0.25) is 5.21 Å². The van der Waals surface area contributed by atoms with Gasteiger partial charge in [0.05, 0.1) is 42.1 Å². The van der Waals surface area contributed by atoms with E-state index in [2.05, 4.69) is 0 Å². The fourth-order valence-corrected chi connectivity index (χ4v) is 4.72. The van der Waals surface area contributed by atoms with Crippen molar-refractivity contribution in [3.8, 4) is 11.5 Å². The van der Waals surface area contributed by atoms with Crippen LogP contribution in [0.4, 0.5) is 0 Å². The predicted molar refractivity (Wildman–Crippen MR) is 94.3 cm³/mol. The van der Waals surface area contributed by atoms with Gasteiger partial charge in [-0.25, -0.2) is 0 Å². The average Bonchev–Trinajstić information content (AvgIpc) is 2.90. The third kappa shape index (κ3) is 2.58. The molecule has 6 nitrogen and oxygen atoms in total. The van der Waals surface area contributed by atoms with E-state index in [0.717, 1.165) is 5.56 Å². The molecule has 3 atom stereocenters. The number of ether oxygens (including phenoxy) is 2. The van der Waals surface area contributed by atoms with Crippen molar-refractivity contribution in [2.45, 2.75) is 41.4 Å². The zero-order chi connectivity index (χ0) is 18.6. The van der Waals surface area contributed by atoms with Crippen LogP contribution in [-0.4, -0.2) is 81.7 Å². The quantitative estimate of drug-likeness (QED) is 0.509. The van der Waals surface area contributed by atoms with Crippen molar-refractivity contribution in [3.63, 3.8) is 0 Å². The summed E-state index contributed by atoms with van der Waals surface area (Å²) in [7, 11) is 17.0. The van der Waals surface area contributed by atoms with Gasteiger partial charge in [0.1, 0.15) is 0 Å². The molecule has 1 aliphatic carbocycles. The molecule has 1 heterocycles. The molecular formula is C17H23B2NO5. The maximum atomic E-state index is 10.7. The maximum Gasteiger partial charge on any atom is 0.205 e. The molecule has 25 heavy (non-hydrogen) atoms. The lowest BCUT2D eigenvalue weighted by atomic mass is 9.40. The van der Waals surface area contributed by atoms with Crippen molar-refractivity contribution in [1.82, 2.24) is 4.90 Å². The van der Waals surface area contributed by atoms with Crippen LogP contribution in [0.1, 0.15) is 18.4 Å². The van der Waals surface area contributed by atoms with Crippen molar-refractivity contribution >= 4 is 15.7 Å². The molecule has 1 aliphatic heterocycles. The zero-order valence-corrected chi connectivity index (χ0v) is 14.8. The SMILES string of the molecule is [B]C1([B])C[C@@]2(c3ccc(OC)c(OC)c3)CCN(C)C2C(O)(O)C1O. The number of aliphatic hydroxyl groups is 3. The standard InChI is InChI=1S/C17H23B2NO5/c1-20-7-6-15(10-4-5-11(24-2)12(8-10)25-3)9-16(18,19)14(21)17(22,23)13(15)20/h4-5,8,13-14,21-23H,6-7,9H2,1-3H3/t13?,14?,15-/m1/s1. The minimum absolute atomic E-state index is 0.203. The molecule has 3 N–H and O–H groups in total. The number of methoxy groups -OCH3 is 2. The van der Waals surface area contributed by atoms with Gasteiger partial charge in [-0.1, -0.05) is 11.3 Å². The molecule has 2 aliphatic rings. The minimum Gasteiger partial charge on any atom is -0.493 e. The third-order valence-corrected chi connectivity index (χ3v) is 5.77. The van der Waals surface area contributed by atoms with Crippen LogP contribution in [0.15, 0.2) is 18.2 Å². The Balaban J connectivity index is 2.18. The molecule has 0 amide bonds. The molecule has 0 spiro atoms. The van der Waals surface area contributed by atoms with E-state index >= 15 is 0 Å². The van der Waals surface area contributed by atoms with Gasteiger partial charge >= 0.3 is 0 Å². The van der Waals surface area contributed by atoms with Gasteiger partial charge in [0.15, 0.2) is 11.5 Å². The molecule has 1 saturated heterocycles. The van der Waals surface area contributed by atoms with Gasteiger partial charge in [0.25, 0.3) is 0 Å². The molecule has 1 aromatic rings. The normalized spacial score (nSPS) is 33.7. The largest absolute Gasteiger partial charge is 0.493 e. The summed E-state index contributed by atoms with van der Waals surface area (Å²) in [5, 5.41) is 30.2. The molecule has 8 heteroatoms. The Kier molecular flexibility index (Phi) is 4.39. The first-order chi connectivity index (χ1) is 11.6. The summed E-state index contributed by atoms with van der Waals surface area (Å²) in [6.45, 7) is 0.616. The smallest absolute Gasteiger partial charge is 0.205 e. The number of hydrogen-bond donors (Lipinski definition) is 3. The van der Waals surface area contributed by atoms with Crippen LogP contribution in [0, 0.1) is 0 Å². The topological polar surface area (TPSA) is 82.4 Å². The maximum absolute atomic E-state index is 10.7. The first-order valence-corrected chi connectivity index (χ1v) is 8.23. The number of hydrogen-bond acceptors (Lipinski definition) is 6. The van der Waals surface area contributed by atoms with Gasteiger partial charge in [-0.3, -0.25) is 4.90 Å². The Morgan fingerprint density at radius 2 is 1.80 bits per heavy atom. The molecule has 1 aromatic carbocycles. The fourth-order valence-electron chi connectivity index (χ4n) is 4.72. The van der Waals surface area contributed by atoms with E-state index in [0.29, 0.717) is 24.5 Å². The summed E-state index contributed by atoms with van der Waals surface area (Å²) in [4.78, 5) is 1.83. The second-order valence-corrected chi connectivity index (χ2v) is 7.33. The minimum atomic E-state index is -2.44. The summed E-state index contributed by atoms with van der Waals surface area (Å²) >= 11 is 0. The number of nitrogens with zero attached hydrogens (tertiary/aromatic N) is 1. The number of aliphatic hydroxyl groups excluding tert-OH is 1. The highest BCUT2D eigenvalue weighted by Gasteiger charge is 2.66. The van der Waals surface area contributed by atoms with Crippen molar-refractivity contribution in [3.05, 3.63) is 23.8 Å². The van der Waals surface area contributed by atoms with E-state index in [-0.39, 0.29) is 6.42 Å². The van der Waals surface area contributed by atoms with Gasteiger partial charge in [-0.2, -0.15) is 0 Å². The summed E-state index contributed by atoms with van der Waals surface area (Å²) < 4.78 is 10.7. The van der Waals surface area contributed by atoms with E-state index in [1.54, 1.807) is 27.3 Å². The van der Waals surface area contributed by atoms with E-state index in [4.69, 9.17) is 25.2 Å². The highest BCUT2D eigenvalue weighted by molar-refractivity contribution is 6.40. The lowest BCUT2D eigenvalue weighted by Gasteiger charge is -2.57. The molecule has 2 unspecified atom stereocenters. The van der Waals surface area contributed by atoms with Gasteiger partial charge in [0.2, 0.25) is 5.79 Å². The van der Waals surface area contributed by atoms with E-state index in [1.807, 2.05) is 17.0 Å². The van der Waals surface area contributed by atoms with Gasteiger partial charge in [0, 0.05) is 5.41 Å². The average molecular weight is 343 g/mol. The lowest BCUT2D eigenvalue weighted by Crippen LogP contribution is -2.70. The zero-order valence-electron chi connectivity index (χ0n) is 14.8. The highest BCUT2D eigenvalue weighted by atomic mass is 16.5. The van der Waals surface area contributed by atoms with Crippen LogP contribution in [0.25, 0.3) is 0 Å². The molecule has 0 bridgehead atoms. The van der Waals surface area contributed by atoms with Gasteiger partial charge < -0.3 is 24.8 Å². The van der Waals surface area contributed by atoms with E-state index in [1.165, 1.54) is 0 Å². The molecule has 3 rings (SSSR count). The summed E-state index contributed by atoms with van der Waals surface area (Å²) in [6, 6.07) is 4.69. The molecular weight excluding hydrogens is 320 g/mol. The monoisotopic (exact) mass is 343 g/mol. The molecule has 4 radical (unpaired) electrons. The van der Waals surface area contributed by atoms with Crippen LogP contribution in [-0.2, 0) is 5.41 Å². The molecule has 132 valence electrons. The van der Waals surface area contributed by atoms with E-state index < -0.39 is 28.6 Å². The Bertz CT molecular complexity index is 668. The molecule has 2 fully saturated rings. The fraction of sp³-hybridized carbons (Fsp3) is 0.647. The van der Waals surface area contributed by atoms with Gasteiger partial charge in [-0.15, -0.1) is 0 Å². The van der Waals surface area contributed by atoms with E-state index in [9.17, 15) is 15.3 Å². The lowest BCUT2D eigenvalue weighted by molar-refractivity contribution is -0.281. The summed E-state index contributed by atoms with van der Waals surface area (Å²) in [5.41, 5.74) is 0.0831. The molecule has 0 aromatic heterocycles. The summed E-state index contributed by atoms with van der Waals surface area (Å²) in [6.07, 6.45) is -0.844. The Labute approximate surface area is 150 Å². The second-order valence-electron chi connectivity index (χ2n) is 7.33. The number of fused-ring (bicyclic) bond motifs is 1. The van der Waals surface area contributed by atoms with Crippen LogP contribution in [0.5, 0.6) is 11.5 Å². The van der Waals surface area contributed by atoms with Crippen molar-refractivity contribution in [2.75, 3.05) is 27.8 Å². The van der Waals surface area contributed by atoms with Crippen LogP contribution in [0.3, 0.4) is 0 Å². The highest BCUT2D eigenvalue weighted by Crippen LogP contribution is 2.58. The Hall–Kier alpha value is -1.21. The first kappa shape index (κ1) is 18.6. The van der Waals surface area contributed by atoms with Crippen LogP contribution < -0.4 is 9.47 Å². The first-order valence-electron chi connectivity index (χ1n) is 8.23. The second kappa shape index (κ2) is 5.91. The Morgan fingerprint density at radius 3 is 2.40 bits per heavy atom. The Morgan fingerprint density at radius 1 is 1.16 bits per heavy atom. The third-order valence-electron chi connectivity index (χ3n) is 5.77. The number of benzene rings is 1. The van der Waals surface area contributed by atoms with Crippen molar-refractivity contribution in [2.24, 2.45) is 0 Å². The number of rotatable bonds is 3. The van der Waals surface area contributed by atoms with Crippen molar-refractivity contribution < 1.29 is 24.8 Å². The molecule has 1 saturated carbocycles. The number of likely N-dealkylation sites (tertiary alicyclic amines) is 1. The number of likely N-dealkylation sites (N-methyl/N-ethyl adjacent to an activating group) is 1. The van der Waals surface area contributed by atoms with Crippen molar-refractivity contribution in [1.29, 1.82) is 0 Å². The van der Waals surface area contributed by atoms with Crippen LogP contribution >= 0.6 is 0 Å².